The van der Waals surface area contributed by atoms with Crippen LogP contribution >= 0.6 is 15.9 Å². The van der Waals surface area contributed by atoms with E-state index in [1.54, 1.807) is 12.1 Å². The van der Waals surface area contributed by atoms with Crippen LogP contribution in [-0.2, 0) is 9.53 Å². The number of benzene rings is 1. The minimum Gasteiger partial charge on any atom is -0.469 e. The minimum absolute atomic E-state index is 0.123. The molecule has 1 N–H and O–H groups in total. The molecule has 0 radical (unpaired) electrons. The van der Waals surface area contributed by atoms with Crippen LogP contribution in [0.4, 0.5) is 4.39 Å². The number of nitrogens with one attached hydrogen (secondary N) is 1. The highest BCUT2D eigenvalue weighted by Gasteiger charge is 2.33. The molecule has 1 unspecified atom stereocenters. The minimum atomic E-state index is -0.524. The number of hydrogen-bond donors (Lipinski definition) is 1. The summed E-state index contributed by atoms with van der Waals surface area (Å²) >= 11 is 3.33. The first-order valence-corrected chi connectivity index (χ1v) is 7.16. The van der Waals surface area contributed by atoms with E-state index in [1.165, 1.54) is 13.2 Å². The molecular formula is C14H17BrFNO2. The predicted octanol–water partition coefficient (Wildman–Crippen LogP) is 2.84. The molecule has 0 amide bonds. The van der Waals surface area contributed by atoms with Gasteiger partial charge in [0.1, 0.15) is 5.82 Å². The molecule has 0 aliphatic carbocycles. The number of carbonyl (C=O) groups is 1. The average molecular weight is 330 g/mol. The first-order valence-electron chi connectivity index (χ1n) is 6.37. The van der Waals surface area contributed by atoms with E-state index in [0.29, 0.717) is 5.56 Å². The van der Waals surface area contributed by atoms with Crippen molar-refractivity contribution < 1.29 is 13.9 Å². The number of halogens is 2. The van der Waals surface area contributed by atoms with E-state index in [9.17, 15) is 9.18 Å². The van der Waals surface area contributed by atoms with E-state index in [1.807, 2.05) is 0 Å². The second kappa shape index (κ2) is 6.48. The first kappa shape index (κ1) is 14.5. The molecule has 0 saturated carbocycles. The molecule has 0 aromatic heterocycles. The molecule has 1 heterocycles. The topological polar surface area (TPSA) is 38.3 Å². The summed E-state index contributed by atoms with van der Waals surface area (Å²) < 4.78 is 19.7. The summed E-state index contributed by atoms with van der Waals surface area (Å²) in [5, 5.41) is 3.25. The number of hydrogen-bond acceptors (Lipinski definition) is 3. The van der Waals surface area contributed by atoms with Crippen LogP contribution in [-0.4, -0.2) is 26.2 Å². The van der Waals surface area contributed by atoms with Crippen LogP contribution in [0.2, 0.25) is 0 Å². The van der Waals surface area contributed by atoms with E-state index >= 15 is 0 Å². The van der Waals surface area contributed by atoms with Crippen LogP contribution in [0.1, 0.15) is 24.3 Å². The van der Waals surface area contributed by atoms with Gasteiger partial charge in [0.2, 0.25) is 0 Å². The maximum atomic E-state index is 14.0. The lowest BCUT2D eigenvalue weighted by molar-refractivity contribution is -0.144. The second-order valence-corrected chi connectivity index (χ2v) is 5.67. The van der Waals surface area contributed by atoms with Gasteiger partial charge < -0.3 is 10.1 Å². The molecule has 1 aliphatic rings. The number of rotatable bonds is 3. The van der Waals surface area contributed by atoms with Gasteiger partial charge in [-0.2, -0.15) is 0 Å². The van der Waals surface area contributed by atoms with E-state index in [-0.39, 0.29) is 17.7 Å². The molecule has 104 valence electrons. The van der Waals surface area contributed by atoms with Crippen molar-refractivity contribution in [1.29, 1.82) is 0 Å². The Bertz CT molecular complexity index is 461. The number of ether oxygens (including phenoxy) is 1. The van der Waals surface area contributed by atoms with Gasteiger partial charge in [0.05, 0.1) is 13.0 Å². The van der Waals surface area contributed by atoms with Crippen molar-refractivity contribution in [3.05, 3.63) is 34.1 Å². The summed E-state index contributed by atoms with van der Waals surface area (Å²) in [6, 6.07) is 4.70. The van der Waals surface area contributed by atoms with Gasteiger partial charge in [0, 0.05) is 10.0 Å². The number of carbonyl (C=O) groups excluding carboxylic acids is 1. The Balaban J connectivity index is 2.36. The van der Waals surface area contributed by atoms with Crippen molar-refractivity contribution in [1.82, 2.24) is 5.32 Å². The van der Waals surface area contributed by atoms with Crippen LogP contribution < -0.4 is 5.32 Å². The third-order valence-corrected chi connectivity index (χ3v) is 4.10. The zero-order valence-corrected chi connectivity index (χ0v) is 12.4. The molecule has 19 heavy (non-hydrogen) atoms. The van der Waals surface area contributed by atoms with Crippen molar-refractivity contribution >= 4 is 21.9 Å². The van der Waals surface area contributed by atoms with Crippen LogP contribution in [0, 0.1) is 11.7 Å². The fourth-order valence-corrected chi connectivity index (χ4v) is 3.01. The quantitative estimate of drug-likeness (QED) is 0.866. The largest absolute Gasteiger partial charge is 0.469 e. The summed E-state index contributed by atoms with van der Waals surface area (Å²) in [7, 11) is 1.35. The van der Waals surface area contributed by atoms with Crippen LogP contribution in [0.5, 0.6) is 0 Å². The van der Waals surface area contributed by atoms with Gasteiger partial charge in [-0.15, -0.1) is 0 Å². The summed E-state index contributed by atoms with van der Waals surface area (Å²) in [5.74, 6) is -1.11. The highest BCUT2D eigenvalue weighted by molar-refractivity contribution is 9.10. The normalized spacial score (nSPS) is 18.1. The SMILES string of the molecule is COC(=O)C(c1cc(Br)ccc1F)C1CCNCC1. The lowest BCUT2D eigenvalue weighted by Gasteiger charge is -2.29. The molecule has 1 fully saturated rings. The van der Waals surface area contributed by atoms with Gasteiger partial charge in [0.15, 0.2) is 0 Å². The molecule has 3 nitrogen and oxygen atoms in total. The van der Waals surface area contributed by atoms with Gasteiger partial charge in [-0.05, 0) is 50.0 Å². The van der Waals surface area contributed by atoms with Crippen LogP contribution in [0.25, 0.3) is 0 Å². The summed E-state index contributed by atoms with van der Waals surface area (Å²) in [5.41, 5.74) is 0.424. The summed E-state index contributed by atoms with van der Waals surface area (Å²) in [6.07, 6.45) is 1.71. The molecule has 2 rings (SSSR count). The second-order valence-electron chi connectivity index (χ2n) is 4.75. The molecular weight excluding hydrogens is 313 g/mol. The molecule has 1 atom stereocenters. The standard InChI is InChI=1S/C14H17BrFNO2/c1-19-14(18)13(9-4-6-17-7-5-9)11-8-10(15)2-3-12(11)16/h2-3,8-9,13,17H,4-7H2,1H3. The number of piperidine rings is 1. The molecule has 1 aromatic carbocycles. The van der Waals surface area contributed by atoms with Gasteiger partial charge in [-0.25, -0.2) is 4.39 Å². The Morgan fingerprint density at radius 3 is 2.79 bits per heavy atom. The molecule has 0 spiro atoms. The zero-order chi connectivity index (χ0) is 13.8. The van der Waals surface area contributed by atoms with Crippen molar-refractivity contribution in [2.24, 2.45) is 5.92 Å². The smallest absolute Gasteiger partial charge is 0.313 e. The fraction of sp³-hybridized carbons (Fsp3) is 0.500. The Kier molecular flexibility index (Phi) is 4.93. The van der Waals surface area contributed by atoms with Crippen LogP contribution in [0.15, 0.2) is 22.7 Å². The van der Waals surface area contributed by atoms with Crippen molar-refractivity contribution in [2.75, 3.05) is 20.2 Å². The fourth-order valence-electron chi connectivity index (χ4n) is 2.63. The predicted molar refractivity (Wildman–Crippen MR) is 74.5 cm³/mol. The van der Waals surface area contributed by atoms with E-state index < -0.39 is 5.92 Å². The monoisotopic (exact) mass is 329 g/mol. The lowest BCUT2D eigenvalue weighted by Crippen LogP contribution is -2.34. The lowest BCUT2D eigenvalue weighted by atomic mass is 9.80. The molecule has 0 bridgehead atoms. The van der Waals surface area contributed by atoms with E-state index in [4.69, 9.17) is 4.74 Å². The number of methoxy groups -OCH3 is 1. The maximum Gasteiger partial charge on any atom is 0.313 e. The third-order valence-electron chi connectivity index (χ3n) is 3.60. The third kappa shape index (κ3) is 3.34. The highest BCUT2D eigenvalue weighted by atomic mass is 79.9. The zero-order valence-electron chi connectivity index (χ0n) is 10.8. The first-order chi connectivity index (χ1) is 9.13. The maximum absolute atomic E-state index is 14.0. The van der Waals surface area contributed by atoms with Crippen molar-refractivity contribution in [3.63, 3.8) is 0 Å². The Morgan fingerprint density at radius 1 is 1.47 bits per heavy atom. The Morgan fingerprint density at radius 2 is 2.16 bits per heavy atom. The van der Waals surface area contributed by atoms with E-state index in [2.05, 4.69) is 21.2 Å². The van der Waals surface area contributed by atoms with Gasteiger partial charge >= 0.3 is 5.97 Å². The molecule has 1 saturated heterocycles. The van der Waals surface area contributed by atoms with Gasteiger partial charge in [-0.3, -0.25) is 4.79 Å². The van der Waals surface area contributed by atoms with E-state index in [0.717, 1.165) is 30.4 Å². The summed E-state index contributed by atoms with van der Waals surface area (Å²) in [6.45, 7) is 1.71. The molecule has 1 aliphatic heterocycles. The molecule has 1 aromatic rings. The molecule has 5 heteroatoms. The Labute approximate surface area is 120 Å². The van der Waals surface area contributed by atoms with Crippen LogP contribution in [0.3, 0.4) is 0 Å². The average Bonchev–Trinajstić information content (AvgIpc) is 2.44. The van der Waals surface area contributed by atoms with Gasteiger partial charge in [-0.1, -0.05) is 15.9 Å². The summed E-state index contributed by atoms with van der Waals surface area (Å²) in [4.78, 5) is 12.1. The Hall–Kier alpha value is -0.940. The van der Waals surface area contributed by atoms with Crippen molar-refractivity contribution in [2.45, 2.75) is 18.8 Å². The van der Waals surface area contributed by atoms with Gasteiger partial charge in [0.25, 0.3) is 0 Å². The number of esters is 1. The van der Waals surface area contributed by atoms with Crippen molar-refractivity contribution in [3.8, 4) is 0 Å². The highest BCUT2D eigenvalue weighted by Crippen LogP contribution is 2.34.